The molecule has 2 N–H and O–H groups in total. The predicted molar refractivity (Wildman–Crippen MR) is 66.0 cm³/mol. The van der Waals surface area contributed by atoms with Crippen molar-refractivity contribution in [3.8, 4) is 0 Å². The van der Waals surface area contributed by atoms with Crippen LogP contribution >= 0.6 is 0 Å². The number of rotatable bonds is 1. The molecule has 0 saturated carbocycles. The van der Waals surface area contributed by atoms with Crippen LogP contribution in [0.25, 0.3) is 11.0 Å². The average Bonchev–Trinajstić information content (AvgIpc) is 3.04. The molecule has 0 aromatic carbocycles. The lowest BCUT2D eigenvalue weighted by Crippen LogP contribution is -2.34. The molecular weight excluding hydrogens is 214 g/mol. The van der Waals surface area contributed by atoms with Gasteiger partial charge in [-0.1, -0.05) is 0 Å². The summed E-state index contributed by atoms with van der Waals surface area (Å²) in [5.74, 6) is 1.88. The van der Waals surface area contributed by atoms with Gasteiger partial charge in [-0.15, -0.1) is 0 Å². The zero-order chi connectivity index (χ0) is 11.2. The lowest BCUT2D eigenvalue weighted by molar-refractivity contribution is 0.578. The third-order valence-corrected chi connectivity index (χ3v) is 4.05. The highest BCUT2D eigenvalue weighted by Gasteiger charge is 2.38. The fraction of sp³-hybridized carbons (Fsp3) is 0.500. The summed E-state index contributed by atoms with van der Waals surface area (Å²) in [6.07, 6.45) is 4.86. The van der Waals surface area contributed by atoms with Crippen molar-refractivity contribution in [2.45, 2.75) is 12.5 Å². The standard InChI is InChI=1S/C12H15N5/c1-3-14-11-9(1)12(16-7-15-11)17-4-2-8-5-13-6-10(8)17/h1,3,7-8,10,13H,2,4-6H2,(H,14,15,16)/t8-,10+/m0/s1. The molecule has 5 nitrogen and oxygen atoms in total. The van der Waals surface area contributed by atoms with E-state index in [1.165, 1.54) is 6.42 Å². The Morgan fingerprint density at radius 1 is 1.29 bits per heavy atom. The van der Waals surface area contributed by atoms with Crippen molar-refractivity contribution in [2.24, 2.45) is 5.92 Å². The third-order valence-electron chi connectivity index (χ3n) is 4.05. The third kappa shape index (κ3) is 1.29. The number of H-pyrrole nitrogens is 1. The first-order valence-corrected chi connectivity index (χ1v) is 6.19. The van der Waals surface area contributed by atoms with Crippen LogP contribution in [0.15, 0.2) is 18.6 Å². The van der Waals surface area contributed by atoms with Gasteiger partial charge in [0, 0.05) is 31.9 Å². The van der Waals surface area contributed by atoms with E-state index in [1.54, 1.807) is 6.33 Å². The van der Waals surface area contributed by atoms with Gasteiger partial charge in [-0.3, -0.25) is 0 Å². The summed E-state index contributed by atoms with van der Waals surface area (Å²) in [5.41, 5.74) is 0.935. The largest absolute Gasteiger partial charge is 0.351 e. The van der Waals surface area contributed by atoms with E-state index in [1.807, 2.05) is 6.20 Å². The highest BCUT2D eigenvalue weighted by molar-refractivity contribution is 5.87. The highest BCUT2D eigenvalue weighted by Crippen LogP contribution is 2.33. The van der Waals surface area contributed by atoms with Crippen molar-refractivity contribution in [1.82, 2.24) is 20.3 Å². The van der Waals surface area contributed by atoms with E-state index in [9.17, 15) is 0 Å². The quantitative estimate of drug-likeness (QED) is 0.758. The number of aromatic nitrogens is 3. The Morgan fingerprint density at radius 2 is 2.29 bits per heavy atom. The number of hydrogen-bond donors (Lipinski definition) is 2. The molecular formula is C12H15N5. The second-order valence-electron chi connectivity index (χ2n) is 4.90. The molecule has 17 heavy (non-hydrogen) atoms. The molecule has 5 heteroatoms. The van der Waals surface area contributed by atoms with Crippen molar-refractivity contribution >= 4 is 16.9 Å². The summed E-state index contributed by atoms with van der Waals surface area (Å²) in [5, 5.41) is 4.61. The van der Waals surface area contributed by atoms with Crippen LogP contribution in [-0.4, -0.2) is 40.6 Å². The lowest BCUT2D eigenvalue weighted by atomic mass is 10.1. The second kappa shape index (κ2) is 3.43. The van der Waals surface area contributed by atoms with Gasteiger partial charge >= 0.3 is 0 Å². The fourth-order valence-corrected chi connectivity index (χ4v) is 3.20. The fourth-order valence-electron chi connectivity index (χ4n) is 3.20. The maximum atomic E-state index is 4.49. The van der Waals surface area contributed by atoms with Gasteiger partial charge in [0.1, 0.15) is 17.8 Å². The molecule has 2 aromatic rings. The molecule has 0 aliphatic carbocycles. The van der Waals surface area contributed by atoms with Crippen LogP contribution in [-0.2, 0) is 0 Å². The Balaban J connectivity index is 1.81. The minimum Gasteiger partial charge on any atom is -0.351 e. The van der Waals surface area contributed by atoms with E-state index in [4.69, 9.17) is 0 Å². The van der Waals surface area contributed by atoms with Gasteiger partial charge in [0.05, 0.1) is 5.39 Å². The van der Waals surface area contributed by atoms with E-state index in [2.05, 4.69) is 31.2 Å². The molecule has 2 atom stereocenters. The molecule has 0 radical (unpaired) electrons. The molecule has 0 bridgehead atoms. The van der Waals surface area contributed by atoms with E-state index >= 15 is 0 Å². The van der Waals surface area contributed by atoms with Crippen LogP contribution in [0.4, 0.5) is 5.82 Å². The smallest absolute Gasteiger partial charge is 0.142 e. The van der Waals surface area contributed by atoms with Crippen LogP contribution < -0.4 is 10.2 Å². The minimum atomic E-state index is 0.614. The van der Waals surface area contributed by atoms with Crippen LogP contribution in [0.1, 0.15) is 6.42 Å². The first kappa shape index (κ1) is 9.41. The molecule has 88 valence electrons. The van der Waals surface area contributed by atoms with Crippen molar-refractivity contribution in [1.29, 1.82) is 0 Å². The summed E-state index contributed by atoms with van der Waals surface area (Å²) >= 11 is 0. The summed E-state index contributed by atoms with van der Waals surface area (Å²) < 4.78 is 0. The molecule has 2 aromatic heterocycles. The number of aromatic amines is 1. The minimum absolute atomic E-state index is 0.614. The first-order valence-electron chi connectivity index (χ1n) is 6.19. The number of nitrogens with one attached hydrogen (secondary N) is 2. The van der Waals surface area contributed by atoms with Gasteiger partial charge in [-0.25, -0.2) is 9.97 Å². The molecule has 2 aliphatic rings. The number of anilines is 1. The van der Waals surface area contributed by atoms with Gasteiger partial charge in [0.15, 0.2) is 0 Å². The Bertz CT molecular complexity index is 549. The van der Waals surface area contributed by atoms with Gasteiger partial charge < -0.3 is 15.2 Å². The maximum Gasteiger partial charge on any atom is 0.142 e. The zero-order valence-electron chi connectivity index (χ0n) is 9.56. The number of hydrogen-bond acceptors (Lipinski definition) is 4. The van der Waals surface area contributed by atoms with E-state index < -0.39 is 0 Å². The summed E-state index contributed by atoms with van der Waals surface area (Å²) in [4.78, 5) is 14.3. The average molecular weight is 229 g/mol. The highest BCUT2D eigenvalue weighted by atomic mass is 15.3. The molecule has 2 aliphatic heterocycles. The van der Waals surface area contributed by atoms with Crippen molar-refractivity contribution in [3.63, 3.8) is 0 Å². The Labute approximate surface area is 99.2 Å². The molecule has 0 amide bonds. The van der Waals surface area contributed by atoms with Crippen molar-refractivity contribution < 1.29 is 0 Å². The molecule has 0 spiro atoms. The van der Waals surface area contributed by atoms with E-state index in [0.717, 1.165) is 42.4 Å². The molecule has 4 heterocycles. The van der Waals surface area contributed by atoms with Gasteiger partial charge in [0.25, 0.3) is 0 Å². The molecule has 4 rings (SSSR count). The summed E-state index contributed by atoms with van der Waals surface area (Å²) in [6, 6.07) is 2.68. The number of fused-ring (bicyclic) bond motifs is 2. The predicted octanol–water partition coefficient (Wildman–Crippen LogP) is 0.756. The van der Waals surface area contributed by atoms with Crippen molar-refractivity contribution in [3.05, 3.63) is 18.6 Å². The van der Waals surface area contributed by atoms with Crippen molar-refractivity contribution in [2.75, 3.05) is 24.5 Å². The van der Waals surface area contributed by atoms with Gasteiger partial charge in [-0.2, -0.15) is 0 Å². The molecule has 2 saturated heterocycles. The number of nitrogens with zero attached hydrogens (tertiary/aromatic N) is 3. The van der Waals surface area contributed by atoms with Gasteiger partial charge in [-0.05, 0) is 18.4 Å². The molecule has 0 unspecified atom stereocenters. The Morgan fingerprint density at radius 3 is 3.29 bits per heavy atom. The van der Waals surface area contributed by atoms with Gasteiger partial charge in [0.2, 0.25) is 0 Å². The Hall–Kier alpha value is -1.62. The van der Waals surface area contributed by atoms with Crippen LogP contribution in [0, 0.1) is 5.92 Å². The molecule has 2 fully saturated rings. The SMILES string of the molecule is c1nc(N2CC[C@H]3CNC[C@H]32)c2cc[nH]c2n1. The maximum absolute atomic E-state index is 4.49. The van der Waals surface area contributed by atoms with Crippen LogP contribution in [0.3, 0.4) is 0 Å². The van der Waals surface area contributed by atoms with E-state index in [-0.39, 0.29) is 0 Å². The zero-order valence-corrected chi connectivity index (χ0v) is 9.56. The second-order valence-corrected chi connectivity index (χ2v) is 4.90. The Kier molecular flexibility index (Phi) is 1.90. The normalized spacial score (nSPS) is 27.9. The summed E-state index contributed by atoms with van der Waals surface area (Å²) in [7, 11) is 0. The summed E-state index contributed by atoms with van der Waals surface area (Å²) in [6.45, 7) is 3.36. The monoisotopic (exact) mass is 229 g/mol. The first-order chi connectivity index (χ1) is 8.43. The topological polar surface area (TPSA) is 56.8 Å². The van der Waals surface area contributed by atoms with E-state index in [0.29, 0.717) is 6.04 Å². The lowest BCUT2D eigenvalue weighted by Gasteiger charge is -2.24. The van der Waals surface area contributed by atoms with Crippen LogP contribution in [0.5, 0.6) is 0 Å². The van der Waals surface area contributed by atoms with Crippen LogP contribution in [0.2, 0.25) is 0 Å².